The number of fused-ring (bicyclic) bond motifs is 1. The maximum atomic E-state index is 13.1. The van der Waals surface area contributed by atoms with Gasteiger partial charge in [-0.05, 0) is 67.4 Å². The molecule has 2 N–H and O–H groups in total. The Morgan fingerprint density at radius 3 is 2.66 bits per heavy atom. The van der Waals surface area contributed by atoms with Crippen LogP contribution in [0.15, 0.2) is 60.0 Å². The van der Waals surface area contributed by atoms with Crippen LogP contribution in [-0.4, -0.2) is 60.3 Å². The summed E-state index contributed by atoms with van der Waals surface area (Å²) in [5.74, 6) is 0.578. The molecule has 0 spiro atoms. The molecular formula is C27H31N7O. The summed E-state index contributed by atoms with van der Waals surface area (Å²) in [7, 11) is 3.86. The molecule has 2 aliphatic rings. The third kappa shape index (κ3) is 5.33. The summed E-state index contributed by atoms with van der Waals surface area (Å²) in [4.78, 5) is 30.9. The van der Waals surface area contributed by atoms with Gasteiger partial charge in [-0.25, -0.2) is 4.98 Å². The highest BCUT2D eigenvalue weighted by molar-refractivity contribution is 6.50. The smallest absolute Gasteiger partial charge is 0.274 e. The van der Waals surface area contributed by atoms with Gasteiger partial charge >= 0.3 is 0 Å². The molecule has 0 atom stereocenters. The van der Waals surface area contributed by atoms with Crippen LogP contribution in [0.3, 0.4) is 0 Å². The van der Waals surface area contributed by atoms with Gasteiger partial charge in [-0.15, -0.1) is 0 Å². The molecule has 0 radical (unpaired) electrons. The van der Waals surface area contributed by atoms with Crippen LogP contribution in [0.4, 0.5) is 17.2 Å². The maximum Gasteiger partial charge on any atom is 0.274 e. The van der Waals surface area contributed by atoms with Gasteiger partial charge in [-0.2, -0.15) is 0 Å². The predicted molar refractivity (Wildman–Crippen MR) is 141 cm³/mol. The molecule has 1 fully saturated rings. The number of hydrogen-bond acceptors (Lipinski definition) is 7. The molecule has 2 aliphatic heterocycles. The zero-order valence-corrected chi connectivity index (χ0v) is 20.3. The molecule has 0 saturated carbocycles. The van der Waals surface area contributed by atoms with Crippen LogP contribution in [0.5, 0.6) is 0 Å². The molecule has 0 unspecified atom stereocenters. The van der Waals surface area contributed by atoms with Crippen molar-refractivity contribution >= 4 is 28.8 Å². The van der Waals surface area contributed by atoms with Crippen molar-refractivity contribution < 1.29 is 4.79 Å². The first kappa shape index (κ1) is 23.0. The van der Waals surface area contributed by atoms with Gasteiger partial charge in [0.1, 0.15) is 18.2 Å². The van der Waals surface area contributed by atoms with E-state index in [2.05, 4.69) is 42.6 Å². The topological polar surface area (TPSA) is 85.8 Å². The van der Waals surface area contributed by atoms with E-state index in [-0.39, 0.29) is 5.91 Å². The van der Waals surface area contributed by atoms with Crippen molar-refractivity contribution in [2.75, 3.05) is 49.4 Å². The highest BCUT2D eigenvalue weighted by atomic mass is 16.1. The Hall–Kier alpha value is -3.78. The molecule has 4 heterocycles. The average Bonchev–Trinajstić information content (AvgIpc) is 2.89. The number of likely N-dealkylation sites (tertiary alicyclic amines) is 1. The zero-order valence-electron chi connectivity index (χ0n) is 20.3. The van der Waals surface area contributed by atoms with Gasteiger partial charge in [-0.1, -0.05) is 12.5 Å². The van der Waals surface area contributed by atoms with Gasteiger partial charge in [0, 0.05) is 49.8 Å². The van der Waals surface area contributed by atoms with E-state index in [0.29, 0.717) is 18.1 Å². The van der Waals surface area contributed by atoms with Gasteiger partial charge in [0.15, 0.2) is 0 Å². The quantitative estimate of drug-likeness (QED) is 0.568. The average molecular weight is 470 g/mol. The molecule has 5 rings (SSSR count). The summed E-state index contributed by atoms with van der Waals surface area (Å²) >= 11 is 0. The van der Waals surface area contributed by atoms with E-state index < -0.39 is 0 Å². The number of hydrogen-bond donors (Lipinski definition) is 2. The third-order valence-electron chi connectivity index (χ3n) is 6.44. The molecule has 0 bridgehead atoms. The fourth-order valence-electron chi connectivity index (χ4n) is 4.58. The maximum absolute atomic E-state index is 13.1. The fraction of sp³-hybridized carbons (Fsp3) is 0.333. The Labute approximate surface area is 206 Å². The fourth-order valence-corrected chi connectivity index (χ4v) is 4.58. The van der Waals surface area contributed by atoms with Crippen LogP contribution in [0.1, 0.15) is 30.4 Å². The second kappa shape index (κ2) is 10.2. The van der Waals surface area contributed by atoms with E-state index >= 15 is 0 Å². The first-order valence-corrected chi connectivity index (χ1v) is 12.1. The number of piperidine rings is 1. The van der Waals surface area contributed by atoms with Crippen molar-refractivity contribution in [1.82, 2.24) is 14.9 Å². The molecule has 3 aromatic rings. The number of benzene rings is 1. The number of rotatable bonds is 6. The van der Waals surface area contributed by atoms with Crippen LogP contribution < -0.4 is 15.5 Å². The lowest BCUT2D eigenvalue weighted by Crippen LogP contribution is -2.29. The van der Waals surface area contributed by atoms with Gasteiger partial charge in [0.25, 0.3) is 5.91 Å². The lowest BCUT2D eigenvalue weighted by Gasteiger charge is -2.26. The Bertz CT molecular complexity index is 1230. The summed E-state index contributed by atoms with van der Waals surface area (Å²) in [5.41, 5.74) is 5.98. The Balaban J connectivity index is 1.36. The van der Waals surface area contributed by atoms with Crippen LogP contribution in [0.2, 0.25) is 0 Å². The molecule has 35 heavy (non-hydrogen) atoms. The molecule has 0 aliphatic carbocycles. The van der Waals surface area contributed by atoms with Crippen molar-refractivity contribution in [3.8, 4) is 11.1 Å². The van der Waals surface area contributed by atoms with Crippen LogP contribution in [0, 0.1) is 0 Å². The molecule has 8 nitrogen and oxygen atoms in total. The molecule has 8 heteroatoms. The number of amides is 1. The number of aliphatic imine (C=N–C) groups is 1. The summed E-state index contributed by atoms with van der Waals surface area (Å²) in [6.07, 6.45) is 9.36. The second-order valence-electron chi connectivity index (χ2n) is 9.27. The van der Waals surface area contributed by atoms with Crippen molar-refractivity contribution in [2.24, 2.45) is 4.99 Å². The Morgan fingerprint density at radius 2 is 1.89 bits per heavy atom. The van der Waals surface area contributed by atoms with Crippen LogP contribution in [0.25, 0.3) is 11.1 Å². The number of carbonyl (C=O) groups is 1. The molecule has 1 aromatic carbocycles. The number of nitrogens with zero attached hydrogens (tertiary/aromatic N) is 5. The van der Waals surface area contributed by atoms with E-state index in [1.165, 1.54) is 24.8 Å². The SMILES string of the molecule is CN(C)c1ccc(NC(=O)C2=NCNc3ccc(-c4cncc(CN5CCCCC5)c4)cc32)cn1. The van der Waals surface area contributed by atoms with Gasteiger partial charge in [-0.3, -0.25) is 19.7 Å². The Morgan fingerprint density at radius 1 is 1.03 bits per heavy atom. The number of anilines is 3. The summed E-state index contributed by atoms with van der Waals surface area (Å²) < 4.78 is 0. The minimum absolute atomic E-state index is 0.249. The zero-order chi connectivity index (χ0) is 24.2. The van der Waals surface area contributed by atoms with E-state index in [4.69, 9.17) is 0 Å². The van der Waals surface area contributed by atoms with Crippen LogP contribution in [-0.2, 0) is 11.3 Å². The summed E-state index contributed by atoms with van der Waals surface area (Å²) in [5, 5.41) is 6.20. The van der Waals surface area contributed by atoms with Gasteiger partial charge < -0.3 is 15.5 Å². The monoisotopic (exact) mass is 469 g/mol. The van der Waals surface area contributed by atoms with Crippen molar-refractivity contribution in [3.63, 3.8) is 0 Å². The molecule has 1 saturated heterocycles. The van der Waals surface area contributed by atoms with Crippen molar-refractivity contribution in [2.45, 2.75) is 25.8 Å². The van der Waals surface area contributed by atoms with E-state index in [0.717, 1.165) is 47.8 Å². The van der Waals surface area contributed by atoms with Gasteiger partial charge in [0.2, 0.25) is 0 Å². The Kier molecular flexibility index (Phi) is 6.72. The highest BCUT2D eigenvalue weighted by Gasteiger charge is 2.22. The normalized spacial score (nSPS) is 15.5. The van der Waals surface area contributed by atoms with Crippen molar-refractivity contribution in [1.29, 1.82) is 0 Å². The van der Waals surface area contributed by atoms with E-state index in [1.54, 1.807) is 6.20 Å². The number of aromatic nitrogens is 2. The molecule has 180 valence electrons. The third-order valence-corrected chi connectivity index (χ3v) is 6.44. The number of pyridine rings is 2. The molecular weight excluding hydrogens is 438 g/mol. The number of carbonyl (C=O) groups excluding carboxylic acids is 1. The van der Waals surface area contributed by atoms with E-state index in [9.17, 15) is 4.79 Å². The standard InChI is InChI=1S/C27H31N7O/c1-33(2)25-9-7-22(16-29-25)32-27(35)26-23-13-20(6-8-24(23)30-18-31-26)21-12-19(14-28-15-21)17-34-10-4-3-5-11-34/h6-9,12-16,30H,3-5,10-11,17-18H2,1-2H3,(H,32,35). The first-order valence-electron chi connectivity index (χ1n) is 12.1. The van der Waals surface area contributed by atoms with Crippen LogP contribution >= 0.6 is 0 Å². The van der Waals surface area contributed by atoms with E-state index in [1.807, 2.05) is 55.7 Å². The lowest BCUT2D eigenvalue weighted by molar-refractivity contribution is -0.110. The summed E-state index contributed by atoms with van der Waals surface area (Å²) in [6, 6.07) is 12.0. The first-order chi connectivity index (χ1) is 17.1. The second-order valence-corrected chi connectivity index (χ2v) is 9.27. The predicted octanol–water partition coefficient (Wildman–Crippen LogP) is 4.01. The minimum atomic E-state index is -0.249. The largest absolute Gasteiger partial charge is 0.366 e. The highest BCUT2D eigenvalue weighted by Crippen LogP contribution is 2.28. The van der Waals surface area contributed by atoms with Crippen molar-refractivity contribution in [3.05, 3.63) is 66.1 Å². The molecule has 1 amide bonds. The summed E-state index contributed by atoms with van der Waals surface area (Å²) in [6.45, 7) is 3.58. The lowest BCUT2D eigenvalue weighted by atomic mass is 9.98. The molecule has 2 aromatic heterocycles. The van der Waals surface area contributed by atoms with Gasteiger partial charge in [0.05, 0.1) is 11.9 Å². The number of nitrogens with one attached hydrogen (secondary N) is 2. The minimum Gasteiger partial charge on any atom is -0.366 e.